The number of aromatic hydroxyl groups is 1. The van der Waals surface area contributed by atoms with E-state index >= 15 is 0 Å². The van der Waals surface area contributed by atoms with E-state index in [0.29, 0.717) is 29.7 Å². The first-order valence-corrected chi connectivity index (χ1v) is 10.5. The van der Waals surface area contributed by atoms with Crippen molar-refractivity contribution in [3.05, 3.63) is 57.6 Å². The van der Waals surface area contributed by atoms with E-state index < -0.39 is 0 Å². The quantitative estimate of drug-likeness (QED) is 0.631. The number of carbonyl (C=O) groups is 2. The molecule has 2 aromatic carbocycles. The summed E-state index contributed by atoms with van der Waals surface area (Å²) >= 11 is 3.30. The molecule has 1 aliphatic heterocycles. The van der Waals surface area contributed by atoms with Gasteiger partial charge in [0.1, 0.15) is 5.75 Å². The van der Waals surface area contributed by atoms with Crippen LogP contribution in [0.4, 0.5) is 10.5 Å². The molecule has 154 valence electrons. The fraction of sp³-hybridized carbons (Fsp3) is 0.364. The van der Waals surface area contributed by atoms with Gasteiger partial charge in [0.05, 0.1) is 10.0 Å². The van der Waals surface area contributed by atoms with Crippen molar-refractivity contribution < 1.29 is 14.7 Å². The number of piperidine rings is 1. The van der Waals surface area contributed by atoms with Gasteiger partial charge in [0, 0.05) is 25.3 Å². The Hall–Kier alpha value is -2.54. The number of halogens is 1. The lowest BCUT2D eigenvalue weighted by Crippen LogP contribution is -2.44. The number of carbonyl (C=O) groups excluding carboxylic acids is 2. The van der Waals surface area contributed by atoms with Gasteiger partial charge in [-0.1, -0.05) is 17.7 Å². The Bertz CT molecular complexity index is 899. The smallest absolute Gasteiger partial charge is 0.319 e. The maximum atomic E-state index is 12.9. The van der Waals surface area contributed by atoms with Crippen LogP contribution in [0.15, 0.2) is 40.9 Å². The molecule has 0 aromatic heterocycles. The summed E-state index contributed by atoms with van der Waals surface area (Å²) in [6.45, 7) is 5.57. The Morgan fingerprint density at radius 2 is 1.90 bits per heavy atom. The summed E-state index contributed by atoms with van der Waals surface area (Å²) in [5, 5.41) is 16.0. The Morgan fingerprint density at radius 1 is 1.17 bits per heavy atom. The first kappa shape index (κ1) is 21.2. The van der Waals surface area contributed by atoms with E-state index in [1.807, 2.05) is 38.1 Å². The molecule has 1 unspecified atom stereocenters. The van der Waals surface area contributed by atoms with Crippen molar-refractivity contribution in [2.75, 3.05) is 25.0 Å². The van der Waals surface area contributed by atoms with Crippen LogP contribution in [-0.2, 0) is 0 Å². The number of hydrogen-bond donors (Lipinski definition) is 3. The van der Waals surface area contributed by atoms with Crippen LogP contribution in [0.5, 0.6) is 5.75 Å². The molecule has 0 aliphatic carbocycles. The monoisotopic (exact) mass is 459 g/mol. The van der Waals surface area contributed by atoms with Crippen LogP contribution >= 0.6 is 15.9 Å². The minimum atomic E-state index is -0.252. The third-order valence-electron chi connectivity index (χ3n) is 5.11. The van der Waals surface area contributed by atoms with E-state index in [4.69, 9.17) is 0 Å². The number of likely N-dealkylation sites (tertiary alicyclic amines) is 1. The molecule has 0 radical (unpaired) electrons. The lowest BCUT2D eigenvalue weighted by atomic mass is 9.97. The SMILES string of the molecule is Cc1ccc(NC(=O)NCC2CCCN(C(=O)c3cc(C)cc(Br)c3O)C2)cc1. The molecule has 0 bridgehead atoms. The molecular weight excluding hydrogens is 434 g/mol. The number of phenolic OH excluding ortho intramolecular Hbond substituents is 1. The van der Waals surface area contributed by atoms with Crippen molar-refractivity contribution >= 4 is 33.6 Å². The highest BCUT2D eigenvalue weighted by molar-refractivity contribution is 9.10. The summed E-state index contributed by atoms with van der Waals surface area (Å²) < 4.78 is 0.517. The van der Waals surface area contributed by atoms with Crippen molar-refractivity contribution in [2.24, 2.45) is 5.92 Å². The number of phenols is 1. The fourth-order valence-corrected chi connectivity index (χ4v) is 4.11. The number of nitrogens with one attached hydrogen (secondary N) is 2. The van der Waals surface area contributed by atoms with Gasteiger partial charge in [-0.05, 0) is 78.4 Å². The molecule has 3 N–H and O–H groups in total. The number of urea groups is 1. The molecule has 7 heteroatoms. The molecule has 6 nitrogen and oxygen atoms in total. The van der Waals surface area contributed by atoms with Gasteiger partial charge < -0.3 is 20.6 Å². The van der Waals surface area contributed by atoms with Gasteiger partial charge in [-0.25, -0.2) is 4.79 Å². The molecule has 0 spiro atoms. The first-order chi connectivity index (χ1) is 13.8. The second kappa shape index (κ2) is 9.31. The summed E-state index contributed by atoms with van der Waals surface area (Å²) in [6, 6.07) is 10.8. The number of anilines is 1. The summed E-state index contributed by atoms with van der Waals surface area (Å²) in [5.74, 6) is -0.0362. The highest BCUT2D eigenvalue weighted by Gasteiger charge is 2.27. The molecule has 1 saturated heterocycles. The van der Waals surface area contributed by atoms with E-state index in [1.54, 1.807) is 17.0 Å². The van der Waals surface area contributed by atoms with Gasteiger partial charge >= 0.3 is 6.03 Å². The number of nitrogens with zero attached hydrogens (tertiary/aromatic N) is 1. The van der Waals surface area contributed by atoms with E-state index in [-0.39, 0.29) is 23.6 Å². The summed E-state index contributed by atoms with van der Waals surface area (Å²) in [5.41, 5.74) is 3.09. The minimum absolute atomic E-state index is 0.0293. The van der Waals surface area contributed by atoms with Crippen molar-refractivity contribution in [1.29, 1.82) is 0 Å². The van der Waals surface area contributed by atoms with E-state index in [1.165, 1.54) is 0 Å². The van der Waals surface area contributed by atoms with Crippen molar-refractivity contribution in [3.8, 4) is 5.75 Å². The Balaban J connectivity index is 1.56. The topological polar surface area (TPSA) is 81.7 Å². The zero-order valence-corrected chi connectivity index (χ0v) is 18.3. The lowest BCUT2D eigenvalue weighted by molar-refractivity contribution is 0.0672. The van der Waals surface area contributed by atoms with Gasteiger partial charge in [0.15, 0.2) is 0 Å². The van der Waals surface area contributed by atoms with Gasteiger partial charge in [0.25, 0.3) is 5.91 Å². The molecule has 1 fully saturated rings. The van der Waals surface area contributed by atoms with E-state index in [2.05, 4.69) is 26.6 Å². The van der Waals surface area contributed by atoms with E-state index in [0.717, 1.165) is 29.7 Å². The first-order valence-electron chi connectivity index (χ1n) is 9.73. The Morgan fingerprint density at radius 3 is 2.62 bits per heavy atom. The zero-order chi connectivity index (χ0) is 21.0. The van der Waals surface area contributed by atoms with Gasteiger partial charge in [-0.2, -0.15) is 0 Å². The number of rotatable bonds is 4. The van der Waals surface area contributed by atoms with Crippen LogP contribution in [0.1, 0.15) is 34.3 Å². The molecule has 1 aliphatic rings. The predicted molar refractivity (Wildman–Crippen MR) is 117 cm³/mol. The maximum absolute atomic E-state index is 12.9. The van der Waals surface area contributed by atoms with Crippen LogP contribution in [0.3, 0.4) is 0 Å². The van der Waals surface area contributed by atoms with Crippen LogP contribution in [-0.4, -0.2) is 41.6 Å². The summed E-state index contributed by atoms with van der Waals surface area (Å²) in [6.07, 6.45) is 1.81. The largest absolute Gasteiger partial charge is 0.506 e. The molecule has 1 heterocycles. The van der Waals surface area contributed by atoms with Crippen molar-refractivity contribution in [3.63, 3.8) is 0 Å². The molecule has 2 aromatic rings. The zero-order valence-electron chi connectivity index (χ0n) is 16.7. The van der Waals surface area contributed by atoms with E-state index in [9.17, 15) is 14.7 Å². The average Bonchev–Trinajstić information content (AvgIpc) is 2.70. The van der Waals surface area contributed by atoms with Gasteiger partial charge in [0.2, 0.25) is 0 Å². The summed E-state index contributed by atoms with van der Waals surface area (Å²) in [7, 11) is 0. The lowest BCUT2D eigenvalue weighted by Gasteiger charge is -2.33. The van der Waals surface area contributed by atoms with Gasteiger partial charge in [-0.15, -0.1) is 0 Å². The number of hydrogen-bond acceptors (Lipinski definition) is 3. The number of aryl methyl sites for hydroxylation is 2. The number of benzene rings is 2. The number of amides is 3. The van der Waals surface area contributed by atoms with Crippen LogP contribution in [0.2, 0.25) is 0 Å². The molecular formula is C22H26BrN3O3. The second-order valence-electron chi connectivity index (χ2n) is 7.60. The second-order valence-corrected chi connectivity index (χ2v) is 8.46. The van der Waals surface area contributed by atoms with Crippen molar-refractivity contribution in [1.82, 2.24) is 10.2 Å². The fourth-order valence-electron chi connectivity index (χ4n) is 3.53. The summed E-state index contributed by atoms with van der Waals surface area (Å²) in [4.78, 5) is 26.8. The highest BCUT2D eigenvalue weighted by Crippen LogP contribution is 2.31. The third kappa shape index (κ3) is 5.50. The predicted octanol–water partition coefficient (Wildman–Crippen LogP) is 4.45. The molecule has 3 amide bonds. The molecule has 29 heavy (non-hydrogen) atoms. The Labute approximate surface area is 179 Å². The molecule has 3 rings (SSSR count). The standard InChI is InChI=1S/C22H26BrN3O3/c1-14-5-7-17(8-6-14)25-22(29)24-12-16-4-3-9-26(13-16)21(28)18-10-15(2)11-19(23)20(18)27/h5-8,10-11,16,27H,3-4,9,12-13H2,1-2H3,(H2,24,25,29). The molecule has 0 saturated carbocycles. The highest BCUT2D eigenvalue weighted by atomic mass is 79.9. The third-order valence-corrected chi connectivity index (χ3v) is 5.71. The van der Waals surface area contributed by atoms with Crippen LogP contribution < -0.4 is 10.6 Å². The van der Waals surface area contributed by atoms with Crippen LogP contribution in [0.25, 0.3) is 0 Å². The van der Waals surface area contributed by atoms with Crippen LogP contribution in [0, 0.1) is 19.8 Å². The van der Waals surface area contributed by atoms with Gasteiger partial charge in [-0.3, -0.25) is 4.79 Å². The minimum Gasteiger partial charge on any atom is -0.506 e. The normalized spacial score (nSPS) is 16.4. The maximum Gasteiger partial charge on any atom is 0.319 e. The van der Waals surface area contributed by atoms with Crippen molar-refractivity contribution in [2.45, 2.75) is 26.7 Å². The molecule has 1 atom stereocenters. The average molecular weight is 460 g/mol. The Kier molecular flexibility index (Phi) is 6.79.